The van der Waals surface area contributed by atoms with Crippen LogP contribution in [0.4, 0.5) is 5.69 Å². The minimum absolute atomic E-state index is 0. The van der Waals surface area contributed by atoms with Gasteiger partial charge in [0.05, 0.1) is 6.04 Å². The minimum Gasteiger partial charge on any atom is -0.345 e. The summed E-state index contributed by atoms with van der Waals surface area (Å²) in [7, 11) is 3.35. The van der Waals surface area contributed by atoms with Crippen LogP contribution >= 0.6 is 12.4 Å². The number of halogens is 1. The summed E-state index contributed by atoms with van der Waals surface area (Å²) in [6, 6.07) is 6.18. The van der Waals surface area contributed by atoms with Crippen molar-refractivity contribution in [3.05, 3.63) is 29.8 Å². The van der Waals surface area contributed by atoms with Crippen LogP contribution in [0, 0.1) is 0 Å². The van der Waals surface area contributed by atoms with Crippen LogP contribution in [-0.4, -0.2) is 36.9 Å². The van der Waals surface area contributed by atoms with E-state index in [1.165, 1.54) is 4.90 Å². The maximum atomic E-state index is 11.7. The van der Waals surface area contributed by atoms with Crippen molar-refractivity contribution in [3.63, 3.8) is 0 Å². The Balaban J connectivity index is 0.00000289. The molecule has 0 bridgehead atoms. The lowest BCUT2D eigenvalue weighted by Gasteiger charge is -2.12. The van der Waals surface area contributed by atoms with E-state index in [1.807, 2.05) is 0 Å². The maximum absolute atomic E-state index is 11.7. The second-order valence-electron chi connectivity index (χ2n) is 4.06. The van der Waals surface area contributed by atoms with Gasteiger partial charge in [-0.3, -0.25) is 9.59 Å². The van der Waals surface area contributed by atoms with Gasteiger partial charge < -0.3 is 16.0 Å². The summed E-state index contributed by atoms with van der Waals surface area (Å²) in [6.07, 6.45) is 0. The van der Waals surface area contributed by atoms with Crippen molar-refractivity contribution >= 4 is 29.9 Å². The summed E-state index contributed by atoms with van der Waals surface area (Å²) >= 11 is 0. The van der Waals surface area contributed by atoms with Crippen LogP contribution in [0.25, 0.3) is 0 Å². The molecule has 100 valence electrons. The molecule has 1 rings (SSSR count). The third-order valence-corrected chi connectivity index (χ3v) is 2.20. The first-order valence-corrected chi connectivity index (χ1v) is 5.30. The van der Waals surface area contributed by atoms with Crippen LogP contribution in [0.3, 0.4) is 0 Å². The van der Waals surface area contributed by atoms with Gasteiger partial charge in [-0.15, -0.1) is 12.4 Å². The van der Waals surface area contributed by atoms with Gasteiger partial charge in [0.1, 0.15) is 0 Å². The average molecular weight is 272 g/mol. The van der Waals surface area contributed by atoms with Crippen LogP contribution in [0.15, 0.2) is 24.3 Å². The Labute approximate surface area is 113 Å². The number of nitrogens with zero attached hydrogens (tertiary/aromatic N) is 1. The molecule has 5 nitrogen and oxygen atoms in total. The Hall–Kier alpha value is -1.59. The Bertz CT molecular complexity index is 433. The topological polar surface area (TPSA) is 75.4 Å². The van der Waals surface area contributed by atoms with Crippen molar-refractivity contribution in [1.82, 2.24) is 4.90 Å². The summed E-state index contributed by atoms with van der Waals surface area (Å²) < 4.78 is 0. The van der Waals surface area contributed by atoms with E-state index in [-0.39, 0.29) is 24.2 Å². The lowest BCUT2D eigenvalue weighted by Crippen LogP contribution is -2.32. The highest BCUT2D eigenvalue weighted by molar-refractivity contribution is 5.98. The van der Waals surface area contributed by atoms with E-state index in [0.717, 1.165) is 0 Å². The first-order chi connectivity index (χ1) is 7.91. The molecule has 0 heterocycles. The molecule has 0 aliphatic rings. The zero-order chi connectivity index (χ0) is 13.0. The molecule has 0 unspecified atom stereocenters. The highest BCUT2D eigenvalue weighted by Gasteiger charge is 2.11. The molecule has 0 saturated carbocycles. The highest BCUT2D eigenvalue weighted by atomic mass is 35.5. The zero-order valence-electron chi connectivity index (χ0n) is 10.6. The molecule has 18 heavy (non-hydrogen) atoms. The number of nitrogens with two attached hydrogens (primary N) is 1. The van der Waals surface area contributed by atoms with Crippen molar-refractivity contribution in [1.29, 1.82) is 0 Å². The lowest BCUT2D eigenvalue weighted by molar-refractivity contribution is -0.117. The smallest absolute Gasteiger partial charge is 0.253 e. The third-order valence-electron chi connectivity index (χ3n) is 2.20. The van der Waals surface area contributed by atoms with Crippen molar-refractivity contribution in [2.75, 3.05) is 19.4 Å². The predicted octanol–water partition coefficient (Wildman–Crippen LogP) is 1.10. The fourth-order valence-corrected chi connectivity index (χ4v) is 1.24. The van der Waals surface area contributed by atoms with E-state index < -0.39 is 6.04 Å². The number of rotatable bonds is 3. The normalized spacial score (nSPS) is 11.1. The van der Waals surface area contributed by atoms with E-state index in [2.05, 4.69) is 5.32 Å². The highest BCUT2D eigenvalue weighted by Crippen LogP contribution is 2.12. The summed E-state index contributed by atoms with van der Waals surface area (Å²) in [5.74, 6) is -0.388. The molecule has 0 fully saturated rings. The zero-order valence-corrected chi connectivity index (χ0v) is 11.5. The summed E-state index contributed by atoms with van der Waals surface area (Å²) in [6.45, 7) is 1.60. The average Bonchev–Trinajstić information content (AvgIpc) is 2.28. The predicted molar refractivity (Wildman–Crippen MR) is 74.0 cm³/mol. The Morgan fingerprint density at radius 1 is 1.33 bits per heavy atom. The molecule has 0 aliphatic carbocycles. The Kier molecular flexibility index (Phi) is 6.36. The minimum atomic E-state index is -0.580. The van der Waals surface area contributed by atoms with Crippen LogP contribution in [0.1, 0.15) is 17.3 Å². The summed E-state index contributed by atoms with van der Waals surface area (Å²) in [5.41, 5.74) is 6.54. The summed E-state index contributed by atoms with van der Waals surface area (Å²) in [5, 5.41) is 2.64. The summed E-state index contributed by atoms with van der Waals surface area (Å²) in [4.78, 5) is 24.6. The van der Waals surface area contributed by atoms with Crippen LogP contribution in [0.2, 0.25) is 0 Å². The molecule has 0 radical (unpaired) electrons. The molecule has 3 N–H and O–H groups in total. The molecule has 0 saturated heterocycles. The molecule has 0 aromatic heterocycles. The van der Waals surface area contributed by atoms with Gasteiger partial charge >= 0.3 is 0 Å². The van der Waals surface area contributed by atoms with Gasteiger partial charge in [0.25, 0.3) is 5.91 Å². The Morgan fingerprint density at radius 2 is 1.94 bits per heavy atom. The van der Waals surface area contributed by atoms with E-state index in [4.69, 9.17) is 5.73 Å². The second-order valence-corrected chi connectivity index (χ2v) is 4.06. The maximum Gasteiger partial charge on any atom is 0.253 e. The lowest BCUT2D eigenvalue weighted by atomic mass is 10.1. The SMILES string of the molecule is C[C@@H](N)C(=O)Nc1cccc(C(=O)N(C)C)c1.Cl. The van der Waals surface area contributed by atoms with Crippen LogP contribution < -0.4 is 11.1 Å². The fourth-order valence-electron chi connectivity index (χ4n) is 1.24. The van der Waals surface area contributed by atoms with Crippen LogP contribution in [-0.2, 0) is 4.79 Å². The van der Waals surface area contributed by atoms with E-state index >= 15 is 0 Å². The fraction of sp³-hybridized carbons (Fsp3) is 0.333. The van der Waals surface area contributed by atoms with E-state index in [9.17, 15) is 9.59 Å². The first-order valence-electron chi connectivity index (χ1n) is 5.30. The molecular weight excluding hydrogens is 254 g/mol. The Morgan fingerprint density at radius 3 is 2.44 bits per heavy atom. The van der Waals surface area contributed by atoms with Gasteiger partial charge in [-0.1, -0.05) is 6.07 Å². The molecule has 2 amide bonds. The number of hydrogen-bond acceptors (Lipinski definition) is 3. The molecule has 0 aliphatic heterocycles. The van der Waals surface area contributed by atoms with Crippen molar-refractivity contribution < 1.29 is 9.59 Å². The van der Waals surface area contributed by atoms with Gasteiger partial charge in [-0.25, -0.2) is 0 Å². The molecule has 1 aromatic carbocycles. The van der Waals surface area contributed by atoms with Gasteiger partial charge in [0.15, 0.2) is 0 Å². The van der Waals surface area contributed by atoms with E-state index in [1.54, 1.807) is 45.3 Å². The van der Waals surface area contributed by atoms with Gasteiger partial charge in [-0.05, 0) is 25.1 Å². The number of amides is 2. The number of carbonyl (C=O) groups is 2. The first kappa shape index (κ1) is 16.4. The van der Waals surface area contributed by atoms with E-state index in [0.29, 0.717) is 11.3 Å². The van der Waals surface area contributed by atoms with Crippen molar-refractivity contribution in [2.24, 2.45) is 5.73 Å². The number of anilines is 1. The van der Waals surface area contributed by atoms with Crippen molar-refractivity contribution in [3.8, 4) is 0 Å². The molecule has 0 spiro atoms. The number of benzene rings is 1. The monoisotopic (exact) mass is 271 g/mol. The van der Waals surface area contributed by atoms with Gasteiger partial charge in [0.2, 0.25) is 5.91 Å². The largest absolute Gasteiger partial charge is 0.345 e. The standard InChI is InChI=1S/C12H17N3O2.ClH/c1-8(13)11(16)14-10-6-4-5-9(7-10)12(17)15(2)3;/h4-8H,13H2,1-3H3,(H,14,16);1H/t8-;/m1./s1. The molecular formula is C12H18ClN3O2. The molecule has 1 atom stereocenters. The van der Waals surface area contributed by atoms with Crippen molar-refractivity contribution in [2.45, 2.75) is 13.0 Å². The number of carbonyl (C=O) groups excluding carboxylic acids is 2. The number of hydrogen-bond donors (Lipinski definition) is 2. The second kappa shape index (κ2) is 6.98. The third kappa shape index (κ3) is 4.35. The van der Waals surface area contributed by atoms with Gasteiger partial charge in [-0.2, -0.15) is 0 Å². The van der Waals surface area contributed by atoms with Gasteiger partial charge in [0, 0.05) is 25.3 Å². The quantitative estimate of drug-likeness (QED) is 0.864. The molecule has 6 heteroatoms. The van der Waals surface area contributed by atoms with Crippen LogP contribution in [0.5, 0.6) is 0 Å². The molecule has 1 aromatic rings. The number of nitrogens with one attached hydrogen (secondary N) is 1.